The summed E-state index contributed by atoms with van der Waals surface area (Å²) < 4.78 is 5.80. The minimum absolute atomic E-state index is 0.258. The van der Waals surface area contributed by atoms with Crippen LogP contribution in [0.25, 0.3) is 0 Å². The number of hydrogen-bond donors (Lipinski definition) is 2. The summed E-state index contributed by atoms with van der Waals surface area (Å²) >= 11 is 5.97. The standard InChI is InChI=1S/C21H16ClN3O5/c22-16-6-3-4-14(10-16)13-30-20-7-2-1-5-15(20)12-23-24-21(27)18-11-17(25(28)29)8-9-19(18)26/h1-12,26H,13H2,(H,24,27)/b23-12+. The van der Waals surface area contributed by atoms with E-state index in [1.165, 1.54) is 6.21 Å². The number of benzene rings is 3. The molecule has 9 heteroatoms. The lowest BCUT2D eigenvalue weighted by molar-refractivity contribution is -0.384. The summed E-state index contributed by atoms with van der Waals surface area (Å²) in [7, 11) is 0. The normalized spacial score (nSPS) is 10.7. The molecule has 0 heterocycles. The lowest BCUT2D eigenvalue weighted by Gasteiger charge is -2.09. The molecule has 0 unspecified atom stereocenters. The van der Waals surface area contributed by atoms with E-state index in [9.17, 15) is 20.0 Å². The molecule has 0 aliphatic rings. The number of aromatic hydroxyl groups is 1. The number of phenolic OH excluding ortho intramolecular Hbond substituents is 1. The summed E-state index contributed by atoms with van der Waals surface area (Å²) in [5.74, 6) is -0.642. The van der Waals surface area contributed by atoms with Gasteiger partial charge < -0.3 is 9.84 Å². The van der Waals surface area contributed by atoms with Crippen LogP contribution in [0, 0.1) is 10.1 Å². The van der Waals surface area contributed by atoms with Gasteiger partial charge in [0.05, 0.1) is 16.7 Å². The number of para-hydroxylation sites is 1. The molecule has 0 aromatic heterocycles. The topological polar surface area (TPSA) is 114 Å². The second-order valence-electron chi connectivity index (χ2n) is 6.11. The molecule has 30 heavy (non-hydrogen) atoms. The number of nitro groups is 1. The van der Waals surface area contributed by atoms with Crippen LogP contribution in [0.5, 0.6) is 11.5 Å². The Morgan fingerprint density at radius 3 is 2.73 bits per heavy atom. The zero-order valence-corrected chi connectivity index (χ0v) is 16.2. The number of carbonyl (C=O) groups excluding carboxylic acids is 1. The van der Waals surface area contributed by atoms with E-state index >= 15 is 0 Å². The smallest absolute Gasteiger partial charge is 0.275 e. The summed E-state index contributed by atoms with van der Waals surface area (Å²) in [5, 5.41) is 25.1. The molecule has 0 saturated carbocycles. The number of halogens is 1. The van der Waals surface area contributed by atoms with Gasteiger partial charge in [-0.05, 0) is 35.9 Å². The van der Waals surface area contributed by atoms with Crippen molar-refractivity contribution in [3.8, 4) is 11.5 Å². The van der Waals surface area contributed by atoms with Crippen LogP contribution >= 0.6 is 11.6 Å². The number of nitrogens with zero attached hydrogens (tertiary/aromatic N) is 2. The van der Waals surface area contributed by atoms with Crippen LogP contribution in [0.1, 0.15) is 21.5 Å². The van der Waals surface area contributed by atoms with Crippen LogP contribution in [0.15, 0.2) is 71.8 Å². The van der Waals surface area contributed by atoms with Crippen molar-refractivity contribution in [3.05, 3.63) is 98.6 Å². The highest BCUT2D eigenvalue weighted by Crippen LogP contribution is 2.23. The molecule has 152 valence electrons. The van der Waals surface area contributed by atoms with Crippen LogP contribution in [0.2, 0.25) is 5.02 Å². The van der Waals surface area contributed by atoms with Crippen molar-refractivity contribution < 1.29 is 19.6 Å². The summed E-state index contributed by atoms with van der Waals surface area (Å²) in [6, 6.07) is 17.5. The van der Waals surface area contributed by atoms with Crippen molar-refractivity contribution in [2.75, 3.05) is 0 Å². The van der Waals surface area contributed by atoms with E-state index < -0.39 is 16.6 Å². The molecule has 0 bridgehead atoms. The average Bonchev–Trinajstić information content (AvgIpc) is 2.73. The third-order valence-electron chi connectivity index (χ3n) is 4.01. The molecule has 0 aliphatic heterocycles. The molecule has 0 fully saturated rings. The Balaban J connectivity index is 1.69. The molecule has 3 rings (SSSR count). The number of hydrogen-bond acceptors (Lipinski definition) is 6. The summed E-state index contributed by atoms with van der Waals surface area (Å²) in [6.07, 6.45) is 1.37. The second-order valence-corrected chi connectivity index (χ2v) is 6.55. The minimum Gasteiger partial charge on any atom is -0.507 e. The fourth-order valence-corrected chi connectivity index (χ4v) is 2.76. The van der Waals surface area contributed by atoms with E-state index in [2.05, 4.69) is 10.5 Å². The highest BCUT2D eigenvalue weighted by atomic mass is 35.5. The molecule has 3 aromatic carbocycles. The fourth-order valence-electron chi connectivity index (χ4n) is 2.55. The number of hydrazone groups is 1. The Kier molecular flexibility index (Phi) is 6.61. The van der Waals surface area contributed by atoms with Gasteiger partial charge in [0.15, 0.2) is 0 Å². The number of non-ortho nitro benzene ring substituents is 1. The summed E-state index contributed by atoms with van der Waals surface area (Å²) in [5.41, 5.74) is 3.15. The number of carbonyl (C=O) groups is 1. The largest absolute Gasteiger partial charge is 0.507 e. The number of rotatable bonds is 7. The SMILES string of the molecule is O=C(N/N=C/c1ccccc1OCc1cccc(Cl)c1)c1cc([N+](=O)[O-])ccc1O. The Labute approximate surface area is 176 Å². The van der Waals surface area contributed by atoms with Crippen LogP contribution in [0.3, 0.4) is 0 Å². The van der Waals surface area contributed by atoms with E-state index in [1.54, 1.807) is 36.4 Å². The van der Waals surface area contributed by atoms with Crippen molar-refractivity contribution in [1.82, 2.24) is 5.43 Å². The quantitative estimate of drug-likeness (QED) is 0.333. The van der Waals surface area contributed by atoms with Gasteiger partial charge in [0.25, 0.3) is 11.6 Å². The molecule has 2 N–H and O–H groups in total. The van der Waals surface area contributed by atoms with Crippen molar-refractivity contribution in [1.29, 1.82) is 0 Å². The van der Waals surface area contributed by atoms with Gasteiger partial charge in [0, 0.05) is 22.7 Å². The molecule has 3 aromatic rings. The van der Waals surface area contributed by atoms with Gasteiger partial charge in [-0.15, -0.1) is 0 Å². The first-order chi connectivity index (χ1) is 14.4. The molecule has 0 aliphatic carbocycles. The third kappa shape index (κ3) is 5.33. The Morgan fingerprint density at radius 2 is 1.97 bits per heavy atom. The predicted octanol–water partition coefficient (Wildman–Crippen LogP) is 4.30. The van der Waals surface area contributed by atoms with E-state index in [4.69, 9.17) is 16.3 Å². The Bertz CT molecular complexity index is 1120. The second kappa shape index (κ2) is 9.53. The maximum Gasteiger partial charge on any atom is 0.275 e. The van der Waals surface area contributed by atoms with Crippen molar-refractivity contribution in [2.45, 2.75) is 6.61 Å². The number of phenols is 1. The first-order valence-corrected chi connectivity index (χ1v) is 9.09. The molecule has 0 atom stereocenters. The fraction of sp³-hybridized carbons (Fsp3) is 0.0476. The molecule has 8 nitrogen and oxygen atoms in total. The van der Waals surface area contributed by atoms with Gasteiger partial charge in [0.2, 0.25) is 0 Å². The van der Waals surface area contributed by atoms with Gasteiger partial charge in [-0.2, -0.15) is 5.10 Å². The van der Waals surface area contributed by atoms with E-state index in [1.807, 2.05) is 12.1 Å². The van der Waals surface area contributed by atoms with Crippen LogP contribution in [-0.4, -0.2) is 22.2 Å². The molecule has 0 saturated heterocycles. The number of nitrogens with one attached hydrogen (secondary N) is 1. The van der Waals surface area contributed by atoms with E-state index in [0.29, 0.717) is 22.9 Å². The summed E-state index contributed by atoms with van der Waals surface area (Å²) in [6.45, 7) is 0.291. The van der Waals surface area contributed by atoms with Crippen molar-refractivity contribution in [3.63, 3.8) is 0 Å². The molecular weight excluding hydrogens is 410 g/mol. The first-order valence-electron chi connectivity index (χ1n) is 8.71. The maximum atomic E-state index is 12.2. The van der Waals surface area contributed by atoms with Crippen molar-refractivity contribution >= 4 is 29.4 Å². The average molecular weight is 426 g/mol. The lowest BCUT2D eigenvalue weighted by Crippen LogP contribution is -2.18. The number of nitro benzene ring substituents is 1. The molecule has 0 spiro atoms. The predicted molar refractivity (Wildman–Crippen MR) is 112 cm³/mol. The molecule has 0 radical (unpaired) electrons. The molecule has 1 amide bonds. The van der Waals surface area contributed by atoms with Crippen LogP contribution in [0.4, 0.5) is 5.69 Å². The van der Waals surface area contributed by atoms with E-state index in [-0.39, 0.29) is 11.3 Å². The van der Waals surface area contributed by atoms with Gasteiger partial charge in [-0.1, -0.05) is 35.9 Å². The number of ether oxygens (including phenoxy) is 1. The van der Waals surface area contributed by atoms with Crippen LogP contribution in [-0.2, 0) is 6.61 Å². The minimum atomic E-state index is -0.787. The highest BCUT2D eigenvalue weighted by Gasteiger charge is 2.16. The Morgan fingerprint density at radius 1 is 1.17 bits per heavy atom. The monoisotopic (exact) mass is 425 g/mol. The van der Waals surface area contributed by atoms with Crippen molar-refractivity contribution in [2.24, 2.45) is 5.10 Å². The first kappa shape index (κ1) is 20.8. The van der Waals surface area contributed by atoms with Gasteiger partial charge in [-0.25, -0.2) is 5.43 Å². The number of amides is 1. The highest BCUT2D eigenvalue weighted by molar-refractivity contribution is 6.30. The Hall–Kier alpha value is -3.91. The zero-order valence-electron chi connectivity index (χ0n) is 15.5. The lowest BCUT2D eigenvalue weighted by atomic mass is 10.1. The maximum absolute atomic E-state index is 12.2. The zero-order chi connectivity index (χ0) is 21.5. The summed E-state index contributed by atoms with van der Waals surface area (Å²) in [4.78, 5) is 22.4. The third-order valence-corrected chi connectivity index (χ3v) is 4.24. The van der Waals surface area contributed by atoms with Gasteiger partial charge in [0.1, 0.15) is 18.1 Å². The van der Waals surface area contributed by atoms with Crippen LogP contribution < -0.4 is 10.2 Å². The molecular formula is C21H16ClN3O5. The van der Waals surface area contributed by atoms with E-state index in [0.717, 1.165) is 23.8 Å². The van der Waals surface area contributed by atoms with Gasteiger partial charge >= 0.3 is 0 Å². The van der Waals surface area contributed by atoms with Gasteiger partial charge in [-0.3, -0.25) is 14.9 Å².